The van der Waals surface area contributed by atoms with Gasteiger partial charge in [-0.15, -0.1) is 0 Å². The third-order valence-corrected chi connectivity index (χ3v) is 3.65. The Balaban J connectivity index is 2.25. The molecule has 0 aromatic heterocycles. The molecule has 3 nitrogen and oxygen atoms in total. The summed E-state index contributed by atoms with van der Waals surface area (Å²) >= 11 is 0. The van der Waals surface area contributed by atoms with E-state index in [1.807, 2.05) is 84.6 Å². The van der Waals surface area contributed by atoms with E-state index in [1.165, 1.54) is 0 Å². The van der Waals surface area contributed by atoms with Crippen molar-refractivity contribution in [1.82, 2.24) is 0 Å². The maximum atomic E-state index is 11.7. The van der Waals surface area contributed by atoms with Crippen LogP contribution in [0.2, 0.25) is 0 Å². The highest BCUT2D eigenvalue weighted by Gasteiger charge is 2.19. The number of anilines is 3. The number of benzene rings is 3. The molecule has 0 radical (unpaired) electrons. The smallest absolute Gasteiger partial charge is 0.337 e. The molecule has 0 bridgehead atoms. The predicted octanol–water partition coefficient (Wildman–Crippen LogP) is 5.16. The van der Waals surface area contributed by atoms with Gasteiger partial charge < -0.3 is 10.0 Å². The first-order valence-electron chi connectivity index (χ1n) is 7.41. The maximum absolute atomic E-state index is 11.7. The monoisotopic (exact) mass is 303 g/mol. The van der Waals surface area contributed by atoms with Gasteiger partial charge in [0.2, 0.25) is 0 Å². The van der Waals surface area contributed by atoms with E-state index in [-0.39, 0.29) is 5.56 Å². The third-order valence-electron chi connectivity index (χ3n) is 3.65. The molecule has 0 amide bonds. The number of hydrogen-bond donors (Lipinski definition) is 1. The van der Waals surface area contributed by atoms with Gasteiger partial charge in [-0.05, 0) is 48.9 Å². The van der Waals surface area contributed by atoms with Gasteiger partial charge in [0.1, 0.15) is 0 Å². The van der Waals surface area contributed by atoms with Gasteiger partial charge in [0.15, 0.2) is 0 Å². The lowest BCUT2D eigenvalue weighted by Gasteiger charge is -2.27. The molecule has 3 aromatic rings. The lowest BCUT2D eigenvalue weighted by atomic mass is 10.1. The van der Waals surface area contributed by atoms with Crippen molar-refractivity contribution in [3.63, 3.8) is 0 Å². The number of carbonyl (C=O) groups is 1. The Bertz CT molecular complexity index is 774. The molecule has 3 rings (SSSR count). The molecule has 0 aliphatic rings. The molecule has 1 N–H and O–H groups in total. The molecule has 0 saturated carbocycles. The van der Waals surface area contributed by atoms with Gasteiger partial charge in [-0.3, -0.25) is 0 Å². The quantitative estimate of drug-likeness (QED) is 0.723. The number of rotatable bonds is 4. The molecule has 114 valence electrons. The Morgan fingerprint density at radius 2 is 1.35 bits per heavy atom. The Labute approximate surface area is 135 Å². The summed E-state index contributed by atoms with van der Waals surface area (Å²) in [6, 6.07) is 25.0. The number of hydrogen-bond acceptors (Lipinski definition) is 2. The molecule has 0 aliphatic carbocycles. The highest BCUT2D eigenvalue weighted by Crippen LogP contribution is 2.36. The maximum Gasteiger partial charge on any atom is 0.337 e. The summed E-state index contributed by atoms with van der Waals surface area (Å²) < 4.78 is 0. The first kappa shape index (κ1) is 14.9. The number of nitrogens with zero attached hydrogens (tertiary/aromatic N) is 1. The third kappa shape index (κ3) is 3.09. The summed E-state index contributed by atoms with van der Waals surface area (Å²) in [4.78, 5) is 13.6. The molecule has 0 heterocycles. The fourth-order valence-corrected chi connectivity index (χ4v) is 2.59. The first-order chi connectivity index (χ1) is 11.2. The number of aromatic carboxylic acids is 1. The first-order valence-corrected chi connectivity index (χ1v) is 7.41. The van der Waals surface area contributed by atoms with Crippen molar-refractivity contribution in [3.8, 4) is 0 Å². The van der Waals surface area contributed by atoms with E-state index in [9.17, 15) is 9.90 Å². The second-order valence-corrected chi connectivity index (χ2v) is 5.33. The summed E-state index contributed by atoms with van der Waals surface area (Å²) in [5.41, 5.74) is 3.80. The largest absolute Gasteiger partial charge is 0.478 e. The summed E-state index contributed by atoms with van der Waals surface area (Å²) in [5, 5.41) is 9.57. The number of aryl methyl sites for hydroxylation is 1. The van der Waals surface area contributed by atoms with Crippen molar-refractivity contribution in [3.05, 3.63) is 90.0 Å². The second-order valence-electron chi connectivity index (χ2n) is 5.33. The van der Waals surface area contributed by atoms with Crippen LogP contribution in [0, 0.1) is 6.92 Å². The number of carboxylic acids is 1. The normalized spacial score (nSPS) is 10.3. The van der Waals surface area contributed by atoms with Crippen molar-refractivity contribution in [1.29, 1.82) is 0 Å². The lowest BCUT2D eigenvalue weighted by Crippen LogP contribution is -2.14. The van der Waals surface area contributed by atoms with E-state index in [1.54, 1.807) is 6.07 Å². The minimum Gasteiger partial charge on any atom is -0.478 e. The van der Waals surface area contributed by atoms with E-state index in [4.69, 9.17) is 0 Å². The molecule has 0 saturated heterocycles. The SMILES string of the molecule is Cc1ccc(C(=O)O)c(N(c2ccccc2)c2ccccc2)c1. The molecule has 0 fully saturated rings. The highest BCUT2D eigenvalue weighted by molar-refractivity contribution is 5.97. The van der Waals surface area contributed by atoms with E-state index < -0.39 is 5.97 Å². The zero-order valence-corrected chi connectivity index (χ0v) is 12.8. The predicted molar refractivity (Wildman–Crippen MR) is 92.8 cm³/mol. The summed E-state index contributed by atoms with van der Waals surface area (Å²) in [7, 11) is 0. The summed E-state index contributed by atoms with van der Waals surface area (Å²) in [5.74, 6) is -0.933. The van der Waals surface area contributed by atoms with E-state index in [2.05, 4.69) is 0 Å². The average Bonchev–Trinajstić information content (AvgIpc) is 2.57. The molecule has 0 atom stereocenters. The van der Waals surface area contributed by atoms with Crippen molar-refractivity contribution in [2.45, 2.75) is 6.92 Å². The standard InChI is InChI=1S/C20H17NO2/c1-15-12-13-18(20(22)23)19(14-15)21(16-8-4-2-5-9-16)17-10-6-3-7-11-17/h2-14H,1H3,(H,22,23). The van der Waals surface area contributed by atoms with Crippen LogP contribution in [0.4, 0.5) is 17.1 Å². The number of carboxylic acid groups (broad SMARTS) is 1. The van der Waals surface area contributed by atoms with E-state index in [0.29, 0.717) is 5.69 Å². The highest BCUT2D eigenvalue weighted by atomic mass is 16.4. The summed E-state index contributed by atoms with van der Waals surface area (Å²) in [6.45, 7) is 1.96. The van der Waals surface area contributed by atoms with Crippen LogP contribution in [-0.4, -0.2) is 11.1 Å². The van der Waals surface area contributed by atoms with Gasteiger partial charge in [0.25, 0.3) is 0 Å². The van der Waals surface area contributed by atoms with Gasteiger partial charge in [-0.1, -0.05) is 42.5 Å². The van der Waals surface area contributed by atoms with E-state index in [0.717, 1.165) is 16.9 Å². The minimum atomic E-state index is -0.933. The Morgan fingerprint density at radius 3 is 1.83 bits per heavy atom. The van der Waals surface area contributed by atoms with Crippen molar-refractivity contribution in [2.24, 2.45) is 0 Å². The Kier molecular flexibility index (Phi) is 4.11. The van der Waals surface area contributed by atoms with Crippen LogP contribution in [0.1, 0.15) is 15.9 Å². The van der Waals surface area contributed by atoms with Crippen molar-refractivity contribution in [2.75, 3.05) is 4.90 Å². The van der Waals surface area contributed by atoms with Gasteiger partial charge in [-0.25, -0.2) is 4.79 Å². The van der Waals surface area contributed by atoms with Gasteiger partial charge in [-0.2, -0.15) is 0 Å². The molecule has 3 heteroatoms. The molecule has 3 aromatic carbocycles. The van der Waals surface area contributed by atoms with Crippen LogP contribution in [0.25, 0.3) is 0 Å². The molecule has 0 spiro atoms. The molecule has 23 heavy (non-hydrogen) atoms. The van der Waals surface area contributed by atoms with Crippen molar-refractivity contribution < 1.29 is 9.90 Å². The van der Waals surface area contributed by atoms with Crippen LogP contribution in [0.15, 0.2) is 78.9 Å². The average molecular weight is 303 g/mol. The van der Waals surface area contributed by atoms with Crippen LogP contribution in [-0.2, 0) is 0 Å². The Hall–Kier alpha value is -3.07. The fraction of sp³-hybridized carbons (Fsp3) is 0.0500. The summed E-state index contributed by atoms with van der Waals surface area (Å²) in [6.07, 6.45) is 0. The lowest BCUT2D eigenvalue weighted by molar-refractivity contribution is 0.0698. The topological polar surface area (TPSA) is 40.5 Å². The van der Waals surface area contributed by atoms with Gasteiger partial charge >= 0.3 is 5.97 Å². The Morgan fingerprint density at radius 1 is 0.826 bits per heavy atom. The zero-order valence-electron chi connectivity index (χ0n) is 12.8. The molecular formula is C20H17NO2. The van der Waals surface area contributed by atoms with Crippen LogP contribution < -0.4 is 4.90 Å². The van der Waals surface area contributed by atoms with Crippen LogP contribution in [0.3, 0.4) is 0 Å². The molecule has 0 aliphatic heterocycles. The van der Waals surface area contributed by atoms with Gasteiger partial charge in [0, 0.05) is 11.4 Å². The van der Waals surface area contributed by atoms with Crippen molar-refractivity contribution >= 4 is 23.0 Å². The second kappa shape index (κ2) is 6.36. The molecule has 0 unspecified atom stereocenters. The number of para-hydroxylation sites is 2. The van der Waals surface area contributed by atoms with Crippen LogP contribution >= 0.6 is 0 Å². The fourth-order valence-electron chi connectivity index (χ4n) is 2.59. The minimum absolute atomic E-state index is 0.281. The van der Waals surface area contributed by atoms with E-state index >= 15 is 0 Å². The van der Waals surface area contributed by atoms with Crippen LogP contribution in [0.5, 0.6) is 0 Å². The molecular weight excluding hydrogens is 286 g/mol. The zero-order chi connectivity index (χ0) is 16.2. The van der Waals surface area contributed by atoms with Gasteiger partial charge in [0.05, 0.1) is 11.3 Å².